The molecule has 0 unspecified atom stereocenters. The van der Waals surface area contributed by atoms with Crippen LogP contribution in [0.4, 0.5) is 0 Å². The molecule has 61 heavy (non-hydrogen) atoms. The highest BCUT2D eigenvalue weighted by molar-refractivity contribution is 6.20. The summed E-state index contributed by atoms with van der Waals surface area (Å²) in [5.41, 5.74) is 14.8. The largest absolute Gasteiger partial charge is 0.208 e. The van der Waals surface area contributed by atoms with Crippen molar-refractivity contribution in [3.05, 3.63) is 235 Å². The first-order valence-electron chi connectivity index (χ1n) is 20.9. The standard InChI is InChI=1S/C58H35N3/c1-2-16-38(17-3-1)55-59-56(39-31-29-37(30-32-39)53-42-20-7-5-18-40(42)35-49-41-19-6-4-15-36(41)33-34-46(49)53)61-57(60-55)48-25-14-24-47-45-23-10-13-28-52(45)58(54(47)48)50-26-11-8-21-43(50)44-22-9-12-27-51(44)58/h1-35H. The van der Waals surface area contributed by atoms with Crippen molar-refractivity contribution in [3.63, 3.8) is 0 Å². The number of rotatable bonds is 4. The van der Waals surface area contributed by atoms with Crippen molar-refractivity contribution in [2.45, 2.75) is 5.41 Å². The fraction of sp³-hybridized carbons (Fsp3) is 0.0172. The molecule has 1 heterocycles. The van der Waals surface area contributed by atoms with Gasteiger partial charge in [-0.1, -0.05) is 206 Å². The molecule has 2 aliphatic carbocycles. The fourth-order valence-corrected chi connectivity index (χ4v) is 10.6. The van der Waals surface area contributed by atoms with E-state index in [4.69, 9.17) is 15.0 Å². The molecule has 2 aliphatic rings. The van der Waals surface area contributed by atoms with E-state index in [0.717, 1.165) is 22.3 Å². The monoisotopic (exact) mass is 773 g/mol. The lowest BCUT2D eigenvalue weighted by atomic mass is 9.69. The van der Waals surface area contributed by atoms with Gasteiger partial charge >= 0.3 is 0 Å². The Morgan fingerprint density at radius 2 is 0.770 bits per heavy atom. The van der Waals surface area contributed by atoms with Gasteiger partial charge in [-0.05, 0) is 94.0 Å². The van der Waals surface area contributed by atoms with E-state index in [1.54, 1.807) is 0 Å². The van der Waals surface area contributed by atoms with E-state index >= 15 is 0 Å². The van der Waals surface area contributed by atoms with Crippen LogP contribution < -0.4 is 0 Å². The highest BCUT2D eigenvalue weighted by atomic mass is 15.0. The van der Waals surface area contributed by atoms with Crippen LogP contribution in [0, 0.1) is 0 Å². The summed E-state index contributed by atoms with van der Waals surface area (Å²) in [6.45, 7) is 0. The van der Waals surface area contributed by atoms with E-state index in [1.807, 2.05) is 18.2 Å². The van der Waals surface area contributed by atoms with Crippen LogP contribution in [0.5, 0.6) is 0 Å². The SMILES string of the molecule is c1ccc(-c2nc(-c3ccc(-c4c5ccccc5cc5c4ccc4ccccc45)cc3)nc(-c3cccc4c3C3(c5ccccc5-c5ccccc53)c3ccccc3-4)n2)cc1. The van der Waals surface area contributed by atoms with E-state index in [2.05, 4.69) is 194 Å². The van der Waals surface area contributed by atoms with Crippen molar-refractivity contribution in [2.24, 2.45) is 0 Å². The minimum atomic E-state index is -0.538. The number of nitrogens with zero attached hydrogens (tertiary/aromatic N) is 3. The van der Waals surface area contributed by atoms with Crippen LogP contribution >= 0.6 is 0 Å². The predicted octanol–water partition coefficient (Wildman–Crippen LogP) is 14.3. The van der Waals surface area contributed by atoms with Crippen LogP contribution in [0.2, 0.25) is 0 Å². The maximum Gasteiger partial charge on any atom is 0.164 e. The molecular formula is C58H35N3. The summed E-state index contributed by atoms with van der Waals surface area (Å²) >= 11 is 0. The first-order valence-corrected chi connectivity index (χ1v) is 20.9. The van der Waals surface area contributed by atoms with Crippen LogP contribution in [0.15, 0.2) is 212 Å². The molecule has 0 N–H and O–H groups in total. The number of aromatic nitrogens is 3. The second kappa shape index (κ2) is 13.0. The average molecular weight is 774 g/mol. The molecule has 0 atom stereocenters. The molecular weight excluding hydrogens is 739 g/mol. The summed E-state index contributed by atoms with van der Waals surface area (Å²) in [6, 6.07) is 76.8. The van der Waals surface area contributed by atoms with Gasteiger partial charge in [0.05, 0.1) is 5.41 Å². The second-order valence-electron chi connectivity index (χ2n) is 16.2. The Morgan fingerprint density at radius 3 is 1.46 bits per heavy atom. The molecule has 282 valence electrons. The van der Waals surface area contributed by atoms with Gasteiger partial charge < -0.3 is 0 Å². The lowest BCUT2D eigenvalue weighted by molar-refractivity contribution is 0.794. The number of hydrogen-bond acceptors (Lipinski definition) is 3. The normalized spacial score (nSPS) is 13.0. The Hall–Kier alpha value is -8.01. The first-order chi connectivity index (χ1) is 30.3. The third-order valence-corrected chi connectivity index (χ3v) is 13.1. The minimum absolute atomic E-state index is 0.538. The zero-order valence-electron chi connectivity index (χ0n) is 33.0. The topological polar surface area (TPSA) is 38.7 Å². The molecule has 13 rings (SSSR count). The number of fused-ring (bicyclic) bond motifs is 14. The highest BCUT2D eigenvalue weighted by Crippen LogP contribution is 2.64. The van der Waals surface area contributed by atoms with Crippen LogP contribution in [0.3, 0.4) is 0 Å². The van der Waals surface area contributed by atoms with Crippen molar-refractivity contribution in [1.29, 1.82) is 0 Å². The summed E-state index contributed by atoms with van der Waals surface area (Å²) < 4.78 is 0. The molecule has 1 aromatic heterocycles. The van der Waals surface area contributed by atoms with Gasteiger partial charge in [0.25, 0.3) is 0 Å². The minimum Gasteiger partial charge on any atom is -0.208 e. The van der Waals surface area contributed by atoms with Crippen LogP contribution in [-0.4, -0.2) is 15.0 Å². The zero-order valence-corrected chi connectivity index (χ0v) is 33.0. The van der Waals surface area contributed by atoms with E-state index < -0.39 is 5.41 Å². The summed E-state index contributed by atoms with van der Waals surface area (Å²) in [6.07, 6.45) is 0. The summed E-state index contributed by atoms with van der Waals surface area (Å²) in [7, 11) is 0. The predicted molar refractivity (Wildman–Crippen MR) is 250 cm³/mol. The molecule has 0 aliphatic heterocycles. The Balaban J connectivity index is 1.03. The third-order valence-electron chi connectivity index (χ3n) is 13.1. The van der Waals surface area contributed by atoms with Crippen LogP contribution in [-0.2, 0) is 5.41 Å². The van der Waals surface area contributed by atoms with E-state index in [-0.39, 0.29) is 0 Å². The zero-order chi connectivity index (χ0) is 40.1. The summed E-state index contributed by atoms with van der Waals surface area (Å²) in [5.74, 6) is 1.94. The van der Waals surface area contributed by atoms with E-state index in [1.165, 1.54) is 82.4 Å². The van der Waals surface area contributed by atoms with Crippen LogP contribution in [0.25, 0.3) is 99.9 Å². The molecule has 10 aromatic carbocycles. The average Bonchev–Trinajstić information content (AvgIpc) is 3.81. The molecule has 3 heteroatoms. The van der Waals surface area contributed by atoms with Gasteiger partial charge in [-0.2, -0.15) is 0 Å². The van der Waals surface area contributed by atoms with Gasteiger partial charge in [0.2, 0.25) is 0 Å². The summed E-state index contributed by atoms with van der Waals surface area (Å²) in [5, 5.41) is 7.45. The molecule has 0 fully saturated rings. The molecule has 0 saturated heterocycles. The molecule has 0 saturated carbocycles. The molecule has 0 radical (unpaired) electrons. The Morgan fingerprint density at radius 1 is 0.279 bits per heavy atom. The summed E-state index contributed by atoms with van der Waals surface area (Å²) in [4.78, 5) is 16.0. The van der Waals surface area contributed by atoms with Crippen molar-refractivity contribution in [2.75, 3.05) is 0 Å². The molecule has 1 spiro atoms. The third kappa shape index (κ3) is 4.83. The number of benzene rings is 10. The van der Waals surface area contributed by atoms with Crippen LogP contribution in [0.1, 0.15) is 22.3 Å². The van der Waals surface area contributed by atoms with Crippen molar-refractivity contribution in [1.82, 2.24) is 15.0 Å². The lowest BCUT2D eigenvalue weighted by Crippen LogP contribution is -2.26. The van der Waals surface area contributed by atoms with E-state index in [0.29, 0.717) is 17.5 Å². The first kappa shape index (κ1) is 33.9. The molecule has 11 aromatic rings. The lowest BCUT2D eigenvalue weighted by Gasteiger charge is -2.31. The van der Waals surface area contributed by atoms with Gasteiger partial charge in [0.1, 0.15) is 0 Å². The Labute approximate surface area is 353 Å². The van der Waals surface area contributed by atoms with E-state index in [9.17, 15) is 0 Å². The molecule has 3 nitrogen and oxygen atoms in total. The van der Waals surface area contributed by atoms with Gasteiger partial charge in [0.15, 0.2) is 17.5 Å². The molecule has 0 bridgehead atoms. The smallest absolute Gasteiger partial charge is 0.164 e. The Bertz CT molecular complexity index is 3520. The quantitative estimate of drug-likeness (QED) is 0.132. The maximum absolute atomic E-state index is 5.42. The van der Waals surface area contributed by atoms with Crippen molar-refractivity contribution < 1.29 is 0 Å². The van der Waals surface area contributed by atoms with Gasteiger partial charge in [-0.3, -0.25) is 0 Å². The van der Waals surface area contributed by atoms with Gasteiger partial charge in [0, 0.05) is 16.7 Å². The van der Waals surface area contributed by atoms with Gasteiger partial charge in [-0.25, -0.2) is 15.0 Å². The highest BCUT2D eigenvalue weighted by Gasteiger charge is 2.52. The second-order valence-corrected chi connectivity index (χ2v) is 16.2. The van der Waals surface area contributed by atoms with Crippen molar-refractivity contribution >= 4 is 32.3 Å². The van der Waals surface area contributed by atoms with Gasteiger partial charge in [-0.15, -0.1) is 0 Å². The number of hydrogen-bond donors (Lipinski definition) is 0. The molecule has 0 amide bonds. The fourth-order valence-electron chi connectivity index (χ4n) is 10.6. The van der Waals surface area contributed by atoms with Crippen molar-refractivity contribution in [3.8, 4) is 67.5 Å². The Kier molecular flexibility index (Phi) is 7.22. The maximum atomic E-state index is 5.42.